The molecule has 0 radical (unpaired) electrons. The lowest BCUT2D eigenvalue weighted by atomic mass is 10.3. The number of nitriles is 1. The molecule has 1 atom stereocenters. The number of hydrogen-bond acceptors (Lipinski definition) is 5. The Morgan fingerprint density at radius 3 is 3.00 bits per heavy atom. The minimum absolute atomic E-state index is 0.416. The Labute approximate surface area is 125 Å². The molecule has 2 saturated heterocycles. The number of nitrogens with zero attached hydrogens (tertiary/aromatic N) is 5. The number of hydrogen-bond donors (Lipinski definition) is 0. The van der Waals surface area contributed by atoms with Crippen LogP contribution >= 0.6 is 0 Å². The van der Waals surface area contributed by atoms with Crippen LogP contribution in [0.25, 0.3) is 0 Å². The SMILES string of the molecule is N#Cc1cnn(C2CCN(CCN3CCCOCC3)C2)c1. The van der Waals surface area contributed by atoms with Crippen LogP contribution in [0.3, 0.4) is 0 Å². The Morgan fingerprint density at radius 1 is 1.24 bits per heavy atom. The second kappa shape index (κ2) is 7.03. The summed E-state index contributed by atoms with van der Waals surface area (Å²) in [4.78, 5) is 5.01. The molecule has 6 heteroatoms. The molecule has 0 aliphatic carbocycles. The smallest absolute Gasteiger partial charge is 0.102 e. The molecule has 2 aliphatic heterocycles. The molecule has 0 bridgehead atoms. The Morgan fingerprint density at radius 2 is 2.14 bits per heavy atom. The molecular weight excluding hydrogens is 266 g/mol. The fraction of sp³-hybridized carbons (Fsp3) is 0.733. The summed E-state index contributed by atoms with van der Waals surface area (Å²) in [5, 5.41) is 13.2. The van der Waals surface area contributed by atoms with Gasteiger partial charge in [-0.25, -0.2) is 0 Å². The second-order valence-electron chi connectivity index (χ2n) is 5.87. The Bertz CT molecular complexity index is 486. The van der Waals surface area contributed by atoms with Crippen LogP contribution in [0.4, 0.5) is 0 Å². The van der Waals surface area contributed by atoms with E-state index in [9.17, 15) is 0 Å². The summed E-state index contributed by atoms with van der Waals surface area (Å²) < 4.78 is 7.45. The third kappa shape index (κ3) is 3.82. The molecule has 2 fully saturated rings. The van der Waals surface area contributed by atoms with Gasteiger partial charge in [0.25, 0.3) is 0 Å². The summed E-state index contributed by atoms with van der Waals surface area (Å²) in [6.45, 7) is 8.38. The number of ether oxygens (including phenoxy) is 1. The largest absolute Gasteiger partial charge is 0.380 e. The predicted molar refractivity (Wildman–Crippen MR) is 78.9 cm³/mol. The normalized spacial score (nSPS) is 24.8. The van der Waals surface area contributed by atoms with Crippen molar-refractivity contribution in [1.82, 2.24) is 19.6 Å². The topological polar surface area (TPSA) is 57.3 Å². The van der Waals surface area contributed by atoms with Crippen molar-refractivity contribution in [2.24, 2.45) is 0 Å². The molecule has 6 nitrogen and oxygen atoms in total. The van der Waals surface area contributed by atoms with Gasteiger partial charge in [-0.3, -0.25) is 14.5 Å². The highest BCUT2D eigenvalue weighted by atomic mass is 16.5. The summed E-state index contributed by atoms with van der Waals surface area (Å²) in [7, 11) is 0. The van der Waals surface area contributed by atoms with E-state index in [1.165, 1.54) is 0 Å². The zero-order valence-corrected chi connectivity index (χ0v) is 12.4. The van der Waals surface area contributed by atoms with Gasteiger partial charge in [-0.15, -0.1) is 0 Å². The van der Waals surface area contributed by atoms with E-state index in [0.29, 0.717) is 11.6 Å². The number of rotatable bonds is 4. The first-order valence-electron chi connectivity index (χ1n) is 7.82. The van der Waals surface area contributed by atoms with Crippen molar-refractivity contribution in [2.45, 2.75) is 18.9 Å². The zero-order chi connectivity index (χ0) is 14.5. The highest BCUT2D eigenvalue weighted by Crippen LogP contribution is 2.20. The van der Waals surface area contributed by atoms with Gasteiger partial charge in [0, 0.05) is 52.1 Å². The summed E-state index contributed by atoms with van der Waals surface area (Å²) in [6, 6.07) is 2.56. The van der Waals surface area contributed by atoms with Gasteiger partial charge in [-0.05, 0) is 12.8 Å². The van der Waals surface area contributed by atoms with Crippen LogP contribution in [-0.4, -0.2) is 72.1 Å². The van der Waals surface area contributed by atoms with Crippen LogP contribution in [0.5, 0.6) is 0 Å². The maximum absolute atomic E-state index is 8.87. The van der Waals surface area contributed by atoms with Gasteiger partial charge in [0.1, 0.15) is 6.07 Å². The van der Waals surface area contributed by atoms with E-state index in [0.717, 1.165) is 65.3 Å². The highest BCUT2D eigenvalue weighted by Gasteiger charge is 2.24. The second-order valence-corrected chi connectivity index (χ2v) is 5.87. The molecule has 1 aromatic heterocycles. The van der Waals surface area contributed by atoms with Crippen molar-refractivity contribution >= 4 is 0 Å². The van der Waals surface area contributed by atoms with Crippen molar-refractivity contribution in [2.75, 3.05) is 52.5 Å². The van der Waals surface area contributed by atoms with Gasteiger partial charge in [0.2, 0.25) is 0 Å². The van der Waals surface area contributed by atoms with Crippen molar-refractivity contribution in [1.29, 1.82) is 5.26 Å². The molecular formula is C15H23N5O. The molecule has 2 aliphatic rings. The molecule has 3 heterocycles. The van der Waals surface area contributed by atoms with E-state index in [4.69, 9.17) is 10.00 Å². The maximum Gasteiger partial charge on any atom is 0.102 e. The lowest BCUT2D eigenvalue weighted by Gasteiger charge is -2.23. The minimum Gasteiger partial charge on any atom is -0.380 e. The zero-order valence-electron chi connectivity index (χ0n) is 12.4. The van der Waals surface area contributed by atoms with Gasteiger partial charge >= 0.3 is 0 Å². The van der Waals surface area contributed by atoms with Crippen molar-refractivity contribution in [3.05, 3.63) is 18.0 Å². The standard InChI is InChI=1S/C15H23N5O/c16-10-14-11-17-20(12-14)15-2-4-19(13-15)6-5-18-3-1-8-21-9-7-18/h11-12,15H,1-9,13H2. The van der Waals surface area contributed by atoms with Gasteiger partial charge in [-0.2, -0.15) is 10.4 Å². The van der Waals surface area contributed by atoms with Crippen molar-refractivity contribution < 1.29 is 4.74 Å². The van der Waals surface area contributed by atoms with E-state index >= 15 is 0 Å². The number of aromatic nitrogens is 2. The third-order valence-electron chi connectivity index (χ3n) is 4.40. The molecule has 0 N–H and O–H groups in total. The molecule has 0 spiro atoms. The third-order valence-corrected chi connectivity index (χ3v) is 4.40. The van der Waals surface area contributed by atoms with E-state index < -0.39 is 0 Å². The van der Waals surface area contributed by atoms with Gasteiger partial charge in [0.05, 0.1) is 24.4 Å². The van der Waals surface area contributed by atoms with Crippen LogP contribution in [0.15, 0.2) is 12.4 Å². The van der Waals surface area contributed by atoms with Crippen LogP contribution in [0, 0.1) is 11.3 Å². The van der Waals surface area contributed by atoms with E-state index in [-0.39, 0.29) is 0 Å². The molecule has 0 saturated carbocycles. The average Bonchev–Trinajstić information content (AvgIpc) is 3.09. The lowest BCUT2D eigenvalue weighted by Crippen LogP contribution is -2.35. The first-order chi connectivity index (χ1) is 10.3. The monoisotopic (exact) mass is 289 g/mol. The highest BCUT2D eigenvalue weighted by molar-refractivity contribution is 5.22. The van der Waals surface area contributed by atoms with E-state index in [1.54, 1.807) is 6.20 Å². The molecule has 21 heavy (non-hydrogen) atoms. The molecule has 3 rings (SSSR count). The summed E-state index contributed by atoms with van der Waals surface area (Å²) in [6.07, 6.45) is 5.78. The number of likely N-dealkylation sites (tertiary alicyclic amines) is 1. The first-order valence-corrected chi connectivity index (χ1v) is 7.82. The summed E-state index contributed by atoms with van der Waals surface area (Å²) in [5.41, 5.74) is 0.651. The van der Waals surface area contributed by atoms with Crippen LogP contribution in [0.2, 0.25) is 0 Å². The van der Waals surface area contributed by atoms with Gasteiger partial charge in [0.15, 0.2) is 0 Å². The van der Waals surface area contributed by atoms with Crippen molar-refractivity contribution in [3.63, 3.8) is 0 Å². The Kier molecular flexibility index (Phi) is 4.86. The van der Waals surface area contributed by atoms with Crippen LogP contribution in [-0.2, 0) is 4.74 Å². The molecule has 0 aromatic carbocycles. The predicted octanol–water partition coefficient (Wildman–Crippen LogP) is 0.724. The fourth-order valence-electron chi connectivity index (χ4n) is 3.13. The quantitative estimate of drug-likeness (QED) is 0.817. The van der Waals surface area contributed by atoms with Gasteiger partial charge < -0.3 is 4.74 Å². The van der Waals surface area contributed by atoms with Crippen LogP contribution < -0.4 is 0 Å². The Balaban J connectivity index is 1.45. The minimum atomic E-state index is 0.416. The molecule has 0 amide bonds. The lowest BCUT2D eigenvalue weighted by molar-refractivity contribution is 0.139. The summed E-state index contributed by atoms with van der Waals surface area (Å²) >= 11 is 0. The van der Waals surface area contributed by atoms with E-state index in [1.807, 2.05) is 10.9 Å². The van der Waals surface area contributed by atoms with E-state index in [2.05, 4.69) is 21.0 Å². The average molecular weight is 289 g/mol. The molecule has 1 aromatic rings. The fourth-order valence-corrected chi connectivity index (χ4v) is 3.13. The first kappa shape index (κ1) is 14.5. The molecule has 114 valence electrons. The summed E-state index contributed by atoms with van der Waals surface area (Å²) in [5.74, 6) is 0. The maximum atomic E-state index is 8.87. The molecule has 1 unspecified atom stereocenters. The van der Waals surface area contributed by atoms with Crippen LogP contribution in [0.1, 0.15) is 24.4 Å². The van der Waals surface area contributed by atoms with Gasteiger partial charge in [-0.1, -0.05) is 0 Å². The van der Waals surface area contributed by atoms with Crippen molar-refractivity contribution in [3.8, 4) is 6.07 Å². The Hall–Kier alpha value is -1.42.